The van der Waals surface area contributed by atoms with Gasteiger partial charge in [-0.1, -0.05) is 29.8 Å². The third kappa shape index (κ3) is 2.27. The first-order chi connectivity index (χ1) is 4.83. The average Bonchev–Trinajstić information content (AvgIpc) is 1.95. The molecule has 0 saturated heterocycles. The molecule has 0 atom stereocenters. The summed E-state index contributed by atoms with van der Waals surface area (Å²) < 4.78 is 3.07. The van der Waals surface area contributed by atoms with Crippen molar-refractivity contribution in [2.75, 3.05) is 0 Å². The third-order valence-corrected chi connectivity index (χ3v) is 1.77. The monoisotopic (exact) mass is 247 g/mol. The maximum Gasteiger partial charge on any atom is 0.0301 e. The Morgan fingerprint density at radius 2 is 1.90 bits per heavy atom. The SMILES string of the molecule is Cc1ccc(CNI)cc1. The molecule has 2 heteroatoms. The number of benzene rings is 1. The van der Waals surface area contributed by atoms with Crippen LogP contribution in [0.3, 0.4) is 0 Å². The molecule has 0 unspecified atom stereocenters. The van der Waals surface area contributed by atoms with E-state index in [0.717, 1.165) is 6.54 Å². The minimum absolute atomic E-state index is 0.945. The Morgan fingerprint density at radius 1 is 1.30 bits per heavy atom. The lowest BCUT2D eigenvalue weighted by Crippen LogP contribution is -1.96. The second-order valence-corrected chi connectivity index (χ2v) is 3.06. The van der Waals surface area contributed by atoms with E-state index in [-0.39, 0.29) is 0 Å². The number of nitrogens with one attached hydrogen (secondary N) is 1. The number of rotatable bonds is 2. The first kappa shape index (κ1) is 8.01. The fourth-order valence-corrected chi connectivity index (χ4v) is 1.22. The molecule has 1 aromatic carbocycles. The van der Waals surface area contributed by atoms with Gasteiger partial charge in [0.2, 0.25) is 0 Å². The lowest BCUT2D eigenvalue weighted by molar-refractivity contribution is 1.01. The van der Waals surface area contributed by atoms with Crippen LogP contribution in [0.5, 0.6) is 0 Å². The van der Waals surface area contributed by atoms with Crippen LogP contribution in [0.2, 0.25) is 0 Å². The van der Waals surface area contributed by atoms with Crippen molar-refractivity contribution in [3.05, 3.63) is 35.4 Å². The normalized spacial score (nSPS) is 9.80. The van der Waals surface area contributed by atoms with Gasteiger partial charge in [0.15, 0.2) is 0 Å². The smallest absolute Gasteiger partial charge is 0.0301 e. The number of aryl methyl sites for hydroxylation is 1. The van der Waals surface area contributed by atoms with E-state index < -0.39 is 0 Å². The van der Waals surface area contributed by atoms with Crippen molar-refractivity contribution in [2.45, 2.75) is 13.5 Å². The number of hydrogen-bond acceptors (Lipinski definition) is 1. The van der Waals surface area contributed by atoms with Crippen LogP contribution < -0.4 is 3.53 Å². The Bertz CT molecular complexity index is 193. The van der Waals surface area contributed by atoms with Gasteiger partial charge >= 0.3 is 0 Å². The van der Waals surface area contributed by atoms with Gasteiger partial charge in [-0.05, 0) is 12.5 Å². The Balaban J connectivity index is 2.69. The maximum atomic E-state index is 3.07. The second kappa shape index (κ2) is 3.93. The quantitative estimate of drug-likeness (QED) is 0.625. The summed E-state index contributed by atoms with van der Waals surface area (Å²) in [7, 11) is 0. The van der Waals surface area contributed by atoms with Gasteiger partial charge < -0.3 is 0 Å². The minimum Gasteiger partial charge on any atom is -0.257 e. The molecule has 0 saturated carbocycles. The molecule has 1 nitrogen and oxygen atoms in total. The highest BCUT2D eigenvalue weighted by Gasteiger charge is 1.87. The Labute approximate surface area is 75.3 Å². The van der Waals surface area contributed by atoms with Crippen molar-refractivity contribution in [3.8, 4) is 0 Å². The highest BCUT2D eigenvalue weighted by atomic mass is 127. The summed E-state index contributed by atoms with van der Waals surface area (Å²) in [6, 6.07) is 8.54. The number of halogens is 1. The molecule has 0 spiro atoms. The van der Waals surface area contributed by atoms with Gasteiger partial charge in [-0.2, -0.15) is 0 Å². The van der Waals surface area contributed by atoms with E-state index in [1.807, 2.05) is 0 Å². The zero-order valence-corrected chi connectivity index (χ0v) is 8.05. The van der Waals surface area contributed by atoms with E-state index in [1.54, 1.807) is 0 Å². The van der Waals surface area contributed by atoms with E-state index >= 15 is 0 Å². The van der Waals surface area contributed by atoms with Crippen LogP contribution in [0, 0.1) is 6.92 Å². The van der Waals surface area contributed by atoms with Crippen molar-refractivity contribution in [3.63, 3.8) is 0 Å². The van der Waals surface area contributed by atoms with Crippen molar-refractivity contribution < 1.29 is 0 Å². The first-order valence-electron chi connectivity index (χ1n) is 3.22. The van der Waals surface area contributed by atoms with Crippen molar-refractivity contribution in [1.29, 1.82) is 0 Å². The van der Waals surface area contributed by atoms with E-state index in [1.165, 1.54) is 11.1 Å². The van der Waals surface area contributed by atoms with E-state index in [4.69, 9.17) is 0 Å². The molecular formula is C8H10IN. The van der Waals surface area contributed by atoms with Crippen molar-refractivity contribution in [1.82, 2.24) is 3.53 Å². The highest BCUT2D eigenvalue weighted by Crippen LogP contribution is 2.02. The maximum absolute atomic E-state index is 3.07. The van der Waals surface area contributed by atoms with Gasteiger partial charge in [-0.15, -0.1) is 0 Å². The zero-order chi connectivity index (χ0) is 7.40. The van der Waals surface area contributed by atoms with Gasteiger partial charge in [-0.25, -0.2) is 0 Å². The predicted molar refractivity (Wildman–Crippen MR) is 52.0 cm³/mol. The summed E-state index contributed by atoms with van der Waals surface area (Å²) in [5.74, 6) is 0. The molecule has 0 radical (unpaired) electrons. The standard InChI is InChI=1S/C8H10IN/c1-7-2-4-8(5-3-7)6-10-9/h2-5,10H,6H2,1H3. The van der Waals surface area contributed by atoms with Crippen LogP contribution in [-0.4, -0.2) is 0 Å². The van der Waals surface area contributed by atoms with Gasteiger partial charge in [0, 0.05) is 29.4 Å². The molecule has 0 aliphatic rings. The third-order valence-electron chi connectivity index (χ3n) is 1.39. The van der Waals surface area contributed by atoms with E-state index in [0.29, 0.717) is 0 Å². The van der Waals surface area contributed by atoms with E-state index in [2.05, 4.69) is 57.6 Å². The van der Waals surface area contributed by atoms with Crippen LogP contribution in [0.1, 0.15) is 11.1 Å². The Morgan fingerprint density at radius 3 is 2.40 bits per heavy atom. The second-order valence-electron chi connectivity index (χ2n) is 2.30. The molecule has 1 N–H and O–H groups in total. The lowest BCUT2D eigenvalue weighted by Gasteiger charge is -1.97. The summed E-state index contributed by atoms with van der Waals surface area (Å²) in [5.41, 5.74) is 2.65. The molecule has 0 heterocycles. The molecule has 10 heavy (non-hydrogen) atoms. The van der Waals surface area contributed by atoms with Gasteiger partial charge in [0.1, 0.15) is 0 Å². The molecule has 1 rings (SSSR count). The van der Waals surface area contributed by atoms with E-state index in [9.17, 15) is 0 Å². The summed E-state index contributed by atoms with van der Waals surface area (Å²) >= 11 is 2.15. The largest absolute Gasteiger partial charge is 0.257 e. The summed E-state index contributed by atoms with van der Waals surface area (Å²) in [6.07, 6.45) is 0. The van der Waals surface area contributed by atoms with Crippen LogP contribution >= 0.6 is 22.9 Å². The van der Waals surface area contributed by atoms with Gasteiger partial charge in [0.05, 0.1) is 0 Å². The Hall–Kier alpha value is -0.0900. The molecular weight excluding hydrogens is 237 g/mol. The van der Waals surface area contributed by atoms with Crippen LogP contribution in [0.4, 0.5) is 0 Å². The molecule has 54 valence electrons. The molecule has 0 bridgehead atoms. The van der Waals surface area contributed by atoms with Crippen LogP contribution in [-0.2, 0) is 6.54 Å². The minimum atomic E-state index is 0.945. The topological polar surface area (TPSA) is 12.0 Å². The average molecular weight is 247 g/mol. The molecule has 0 amide bonds. The Kier molecular flexibility index (Phi) is 3.15. The van der Waals surface area contributed by atoms with Crippen LogP contribution in [0.15, 0.2) is 24.3 Å². The molecule has 0 aliphatic carbocycles. The molecule has 0 aromatic heterocycles. The van der Waals surface area contributed by atoms with Crippen LogP contribution in [0.25, 0.3) is 0 Å². The zero-order valence-electron chi connectivity index (χ0n) is 5.89. The predicted octanol–water partition coefficient (Wildman–Crippen LogP) is 2.43. The van der Waals surface area contributed by atoms with Gasteiger partial charge in [-0.3, -0.25) is 3.53 Å². The summed E-state index contributed by atoms with van der Waals surface area (Å²) in [6.45, 7) is 3.04. The highest BCUT2D eigenvalue weighted by molar-refractivity contribution is 14.1. The van der Waals surface area contributed by atoms with Gasteiger partial charge in [0.25, 0.3) is 0 Å². The lowest BCUT2D eigenvalue weighted by atomic mass is 10.2. The fraction of sp³-hybridized carbons (Fsp3) is 0.250. The fourth-order valence-electron chi connectivity index (χ4n) is 0.783. The van der Waals surface area contributed by atoms with Crippen molar-refractivity contribution in [2.24, 2.45) is 0 Å². The first-order valence-corrected chi connectivity index (χ1v) is 4.30. The summed E-state index contributed by atoms with van der Waals surface area (Å²) in [4.78, 5) is 0. The summed E-state index contributed by atoms with van der Waals surface area (Å²) in [5, 5.41) is 0. The molecule has 0 aliphatic heterocycles. The molecule has 0 fully saturated rings. The van der Waals surface area contributed by atoms with Crippen molar-refractivity contribution >= 4 is 22.9 Å². The molecule has 1 aromatic rings. The number of hydrogen-bond donors (Lipinski definition) is 1.